The zero-order valence-corrected chi connectivity index (χ0v) is 11.5. The Morgan fingerprint density at radius 3 is 2.70 bits per heavy atom. The van der Waals surface area contributed by atoms with Gasteiger partial charge in [-0.3, -0.25) is 9.59 Å². The second kappa shape index (κ2) is 6.81. The molecule has 0 aliphatic rings. The molecule has 20 heavy (non-hydrogen) atoms. The summed E-state index contributed by atoms with van der Waals surface area (Å²) in [6, 6.07) is 8.93. The molecule has 0 fully saturated rings. The molecule has 0 radical (unpaired) electrons. The Morgan fingerprint density at radius 2 is 2.10 bits per heavy atom. The van der Waals surface area contributed by atoms with Gasteiger partial charge in [-0.15, -0.1) is 11.3 Å². The lowest BCUT2D eigenvalue weighted by Crippen LogP contribution is -2.17. The highest BCUT2D eigenvalue weighted by Crippen LogP contribution is 2.28. The first-order chi connectivity index (χ1) is 9.65. The Hall–Kier alpha value is -2.21. The average molecular weight is 290 g/mol. The average Bonchev–Trinajstić information content (AvgIpc) is 2.92. The van der Waals surface area contributed by atoms with Crippen LogP contribution in [-0.2, 0) is 9.59 Å². The first-order valence-electron chi connectivity index (χ1n) is 6.11. The van der Waals surface area contributed by atoms with Gasteiger partial charge in [-0.2, -0.15) is 0 Å². The minimum atomic E-state index is -0.908. The first-order valence-corrected chi connectivity index (χ1v) is 6.99. The minimum absolute atomic E-state index is 0.0594. The maximum atomic E-state index is 12.0. The van der Waals surface area contributed by atoms with Gasteiger partial charge in [-0.25, -0.2) is 4.98 Å². The van der Waals surface area contributed by atoms with Gasteiger partial charge in [-0.05, 0) is 23.6 Å². The SMILES string of the molecule is O=C(O)C[C@@H](CC(=O)Nc1ccccn1)c1cccs1. The van der Waals surface area contributed by atoms with Crippen LogP contribution in [0.4, 0.5) is 5.82 Å². The number of carbonyl (C=O) groups is 2. The summed E-state index contributed by atoms with van der Waals surface area (Å²) in [6.07, 6.45) is 1.66. The summed E-state index contributed by atoms with van der Waals surface area (Å²) in [5.74, 6) is -0.980. The molecule has 1 amide bonds. The predicted octanol–water partition coefficient (Wildman–Crippen LogP) is 2.73. The Balaban J connectivity index is 2.00. The van der Waals surface area contributed by atoms with Crippen molar-refractivity contribution in [3.05, 3.63) is 46.8 Å². The number of hydrogen-bond donors (Lipinski definition) is 2. The van der Waals surface area contributed by atoms with Crippen LogP contribution in [0.5, 0.6) is 0 Å². The number of hydrogen-bond acceptors (Lipinski definition) is 4. The molecule has 0 saturated heterocycles. The van der Waals surface area contributed by atoms with Crippen LogP contribution in [-0.4, -0.2) is 22.0 Å². The summed E-state index contributed by atoms with van der Waals surface area (Å²) in [7, 11) is 0. The number of carboxylic acids is 1. The molecule has 2 aromatic heterocycles. The van der Waals surface area contributed by atoms with E-state index in [0.29, 0.717) is 5.82 Å². The highest BCUT2D eigenvalue weighted by molar-refractivity contribution is 7.10. The fourth-order valence-corrected chi connectivity index (χ4v) is 2.69. The molecule has 1 atom stereocenters. The van der Waals surface area contributed by atoms with Gasteiger partial charge in [0.2, 0.25) is 5.91 Å². The zero-order valence-electron chi connectivity index (χ0n) is 10.7. The number of aromatic nitrogens is 1. The van der Waals surface area contributed by atoms with Crippen molar-refractivity contribution in [2.45, 2.75) is 18.8 Å². The Labute approximate surface area is 120 Å². The van der Waals surface area contributed by atoms with Crippen molar-refractivity contribution in [2.75, 3.05) is 5.32 Å². The van der Waals surface area contributed by atoms with Gasteiger partial charge < -0.3 is 10.4 Å². The van der Waals surface area contributed by atoms with E-state index in [0.717, 1.165) is 4.88 Å². The van der Waals surface area contributed by atoms with Crippen molar-refractivity contribution in [3.63, 3.8) is 0 Å². The molecule has 0 aliphatic carbocycles. The normalized spacial score (nSPS) is 11.8. The molecular weight excluding hydrogens is 276 g/mol. The summed E-state index contributed by atoms with van der Waals surface area (Å²) in [5, 5.41) is 13.5. The fourth-order valence-electron chi connectivity index (χ4n) is 1.86. The number of pyridine rings is 1. The maximum Gasteiger partial charge on any atom is 0.304 e. The third kappa shape index (κ3) is 4.17. The van der Waals surface area contributed by atoms with Crippen molar-refractivity contribution in [3.8, 4) is 0 Å². The Morgan fingerprint density at radius 1 is 1.25 bits per heavy atom. The molecule has 2 heterocycles. The largest absolute Gasteiger partial charge is 0.481 e. The summed E-state index contributed by atoms with van der Waals surface area (Å²) in [4.78, 5) is 27.8. The second-order valence-corrected chi connectivity index (χ2v) is 5.26. The van der Waals surface area contributed by atoms with Crippen molar-refractivity contribution >= 4 is 29.0 Å². The molecule has 0 spiro atoms. The number of rotatable bonds is 6. The topological polar surface area (TPSA) is 79.3 Å². The summed E-state index contributed by atoms with van der Waals surface area (Å²) in [6.45, 7) is 0. The molecule has 0 saturated carbocycles. The summed E-state index contributed by atoms with van der Waals surface area (Å²) >= 11 is 1.46. The molecule has 2 rings (SSSR count). The number of nitrogens with one attached hydrogen (secondary N) is 1. The number of anilines is 1. The van der Waals surface area contributed by atoms with Crippen LogP contribution in [0, 0.1) is 0 Å². The highest BCUT2D eigenvalue weighted by atomic mass is 32.1. The van der Waals surface area contributed by atoms with E-state index in [4.69, 9.17) is 5.11 Å². The zero-order chi connectivity index (χ0) is 14.4. The van der Waals surface area contributed by atoms with Crippen molar-refractivity contribution < 1.29 is 14.7 Å². The van der Waals surface area contributed by atoms with E-state index in [-0.39, 0.29) is 24.7 Å². The van der Waals surface area contributed by atoms with E-state index in [1.54, 1.807) is 24.4 Å². The van der Waals surface area contributed by atoms with Crippen molar-refractivity contribution in [1.82, 2.24) is 4.98 Å². The smallest absolute Gasteiger partial charge is 0.304 e. The highest BCUT2D eigenvalue weighted by Gasteiger charge is 2.20. The van der Waals surface area contributed by atoms with E-state index in [2.05, 4.69) is 10.3 Å². The monoisotopic (exact) mass is 290 g/mol. The second-order valence-electron chi connectivity index (χ2n) is 4.28. The molecule has 6 heteroatoms. The number of nitrogens with zero attached hydrogens (tertiary/aromatic N) is 1. The number of carboxylic acid groups (broad SMARTS) is 1. The Kier molecular flexibility index (Phi) is 4.84. The first kappa shape index (κ1) is 14.2. The Bertz CT molecular complexity index is 569. The maximum absolute atomic E-state index is 12.0. The molecular formula is C14H14N2O3S. The summed E-state index contributed by atoms with van der Waals surface area (Å²) < 4.78 is 0. The molecule has 0 unspecified atom stereocenters. The number of thiophene rings is 1. The van der Waals surface area contributed by atoms with Crippen LogP contribution in [0.3, 0.4) is 0 Å². The molecule has 2 N–H and O–H groups in total. The molecule has 0 aliphatic heterocycles. The molecule has 104 valence electrons. The van der Waals surface area contributed by atoms with Crippen molar-refractivity contribution in [1.29, 1.82) is 0 Å². The van der Waals surface area contributed by atoms with E-state index in [1.165, 1.54) is 11.3 Å². The lowest BCUT2D eigenvalue weighted by atomic mass is 9.99. The van der Waals surface area contributed by atoms with Crippen LogP contribution in [0.1, 0.15) is 23.6 Å². The van der Waals surface area contributed by atoms with Crippen LogP contribution in [0.2, 0.25) is 0 Å². The standard InChI is InChI=1S/C14H14N2O3S/c17-13(16-12-5-1-2-6-15-12)8-10(9-14(18)19)11-4-3-7-20-11/h1-7,10H,8-9H2,(H,18,19)(H,15,16,17)/t10-/m1/s1. The van der Waals surface area contributed by atoms with Gasteiger partial charge in [0.15, 0.2) is 0 Å². The van der Waals surface area contributed by atoms with Gasteiger partial charge in [0.05, 0.1) is 6.42 Å². The van der Waals surface area contributed by atoms with Crippen LogP contribution in [0.15, 0.2) is 41.9 Å². The van der Waals surface area contributed by atoms with Gasteiger partial charge in [0.25, 0.3) is 0 Å². The molecule has 0 aromatic carbocycles. The lowest BCUT2D eigenvalue weighted by molar-refractivity contribution is -0.137. The quantitative estimate of drug-likeness (QED) is 0.857. The van der Waals surface area contributed by atoms with E-state index >= 15 is 0 Å². The number of amides is 1. The molecule has 5 nitrogen and oxygen atoms in total. The third-order valence-corrected chi connectivity index (χ3v) is 3.77. The molecule has 2 aromatic rings. The van der Waals surface area contributed by atoms with Crippen LogP contribution < -0.4 is 5.32 Å². The fraction of sp³-hybridized carbons (Fsp3) is 0.214. The van der Waals surface area contributed by atoms with Gasteiger partial charge in [0.1, 0.15) is 5.82 Å². The van der Waals surface area contributed by atoms with Gasteiger partial charge in [0, 0.05) is 23.4 Å². The van der Waals surface area contributed by atoms with Gasteiger partial charge >= 0.3 is 5.97 Å². The minimum Gasteiger partial charge on any atom is -0.481 e. The van der Waals surface area contributed by atoms with E-state index in [9.17, 15) is 9.59 Å². The van der Waals surface area contributed by atoms with Crippen LogP contribution >= 0.6 is 11.3 Å². The van der Waals surface area contributed by atoms with Crippen molar-refractivity contribution in [2.24, 2.45) is 0 Å². The van der Waals surface area contributed by atoms with Crippen LogP contribution in [0.25, 0.3) is 0 Å². The van der Waals surface area contributed by atoms with Gasteiger partial charge in [-0.1, -0.05) is 12.1 Å². The van der Waals surface area contributed by atoms with E-state index < -0.39 is 5.97 Å². The number of carbonyl (C=O) groups excluding carboxylic acids is 1. The summed E-state index contributed by atoms with van der Waals surface area (Å²) in [5.41, 5.74) is 0. The number of aliphatic carboxylic acids is 1. The predicted molar refractivity (Wildman–Crippen MR) is 76.8 cm³/mol. The van der Waals surface area contributed by atoms with E-state index in [1.807, 2.05) is 17.5 Å². The molecule has 0 bridgehead atoms. The third-order valence-electron chi connectivity index (χ3n) is 2.73. The lowest BCUT2D eigenvalue weighted by Gasteiger charge is -2.12.